The number of nitriles is 1. The van der Waals surface area contributed by atoms with Gasteiger partial charge in [0.05, 0.1) is 21.8 Å². The van der Waals surface area contributed by atoms with Gasteiger partial charge in [-0.25, -0.2) is 15.0 Å². The van der Waals surface area contributed by atoms with E-state index in [1.165, 1.54) is 0 Å². The lowest BCUT2D eigenvalue weighted by Gasteiger charge is -2.17. The number of allylic oxidation sites excluding steroid dienone is 3. The average molecular weight is 379 g/mol. The van der Waals surface area contributed by atoms with E-state index in [9.17, 15) is 10.4 Å². The molecule has 1 saturated carbocycles. The smallest absolute Gasteiger partial charge is 0.234 e. The lowest BCUT2D eigenvalue weighted by molar-refractivity contribution is 0.229. The number of anilines is 1. The van der Waals surface area contributed by atoms with Crippen molar-refractivity contribution in [3.63, 3.8) is 0 Å². The Bertz CT molecular complexity index is 956. The third-order valence-electron chi connectivity index (χ3n) is 5.08. The minimum absolute atomic E-state index is 0.163. The summed E-state index contributed by atoms with van der Waals surface area (Å²) in [7, 11) is 0. The van der Waals surface area contributed by atoms with E-state index in [2.05, 4.69) is 27.4 Å². The number of nitrogens with zero attached hydrogens (tertiary/aromatic N) is 4. The van der Waals surface area contributed by atoms with Crippen LogP contribution in [0.4, 0.5) is 5.82 Å². The number of thiazole rings is 1. The molecule has 2 aliphatic rings. The minimum Gasteiger partial charge on any atom is -0.396 e. The summed E-state index contributed by atoms with van der Waals surface area (Å²) in [5.41, 5.74) is 2.68. The largest absolute Gasteiger partial charge is 0.396 e. The van der Waals surface area contributed by atoms with Gasteiger partial charge in [-0.05, 0) is 38.2 Å². The number of aliphatic hydroxyl groups excluding tert-OH is 1. The van der Waals surface area contributed by atoms with Crippen LogP contribution < -0.4 is 5.32 Å². The molecule has 0 spiro atoms. The molecule has 2 aromatic heterocycles. The molecule has 1 fully saturated rings. The molecule has 2 N–H and O–H groups in total. The summed E-state index contributed by atoms with van der Waals surface area (Å²) >= 11 is 1.63. The van der Waals surface area contributed by atoms with Gasteiger partial charge in [0, 0.05) is 19.1 Å². The first-order valence-corrected chi connectivity index (χ1v) is 9.99. The molecule has 2 heterocycles. The quantitative estimate of drug-likeness (QED) is 0.844. The number of aromatic nitrogens is 3. The van der Waals surface area contributed by atoms with E-state index in [1.54, 1.807) is 11.3 Å². The zero-order valence-corrected chi connectivity index (χ0v) is 16.0. The van der Waals surface area contributed by atoms with Gasteiger partial charge in [-0.15, -0.1) is 11.3 Å². The predicted molar refractivity (Wildman–Crippen MR) is 106 cm³/mol. The molecule has 0 amide bonds. The van der Waals surface area contributed by atoms with Crippen molar-refractivity contribution in [2.24, 2.45) is 5.92 Å². The summed E-state index contributed by atoms with van der Waals surface area (Å²) in [5, 5.41) is 23.1. The Balaban J connectivity index is 1.73. The maximum absolute atomic E-state index is 9.41. The van der Waals surface area contributed by atoms with Gasteiger partial charge < -0.3 is 10.4 Å². The Labute approximate surface area is 162 Å². The van der Waals surface area contributed by atoms with Crippen molar-refractivity contribution in [1.29, 1.82) is 5.26 Å². The van der Waals surface area contributed by atoms with Gasteiger partial charge in [-0.1, -0.05) is 18.2 Å². The second-order valence-corrected chi connectivity index (χ2v) is 8.02. The summed E-state index contributed by atoms with van der Waals surface area (Å²) in [6, 6.07) is 2.29. The second-order valence-electron chi connectivity index (χ2n) is 6.99. The Kier molecular flexibility index (Phi) is 5.01. The molecule has 2 aliphatic carbocycles. The van der Waals surface area contributed by atoms with Gasteiger partial charge in [0.25, 0.3) is 0 Å². The molecule has 27 heavy (non-hydrogen) atoms. The monoisotopic (exact) mass is 379 g/mol. The Hall–Kier alpha value is -2.56. The lowest BCUT2D eigenvalue weighted by atomic mass is 10.1. The highest BCUT2D eigenvalue weighted by Crippen LogP contribution is 2.37. The maximum atomic E-state index is 9.41. The molecule has 0 radical (unpaired) electrons. The van der Waals surface area contributed by atoms with Crippen LogP contribution in [0.15, 0.2) is 18.2 Å². The van der Waals surface area contributed by atoms with E-state index < -0.39 is 0 Å². The Morgan fingerprint density at radius 3 is 2.96 bits per heavy atom. The van der Waals surface area contributed by atoms with Crippen LogP contribution >= 0.6 is 11.3 Å². The first kappa shape index (κ1) is 17.8. The van der Waals surface area contributed by atoms with Crippen molar-refractivity contribution in [1.82, 2.24) is 15.0 Å². The lowest BCUT2D eigenvalue weighted by Crippen LogP contribution is -2.19. The fourth-order valence-corrected chi connectivity index (χ4v) is 4.80. The van der Waals surface area contributed by atoms with Crippen molar-refractivity contribution < 1.29 is 5.11 Å². The number of hydrogen-bond acceptors (Lipinski definition) is 7. The molecule has 0 saturated heterocycles. The topological polar surface area (TPSA) is 94.7 Å². The highest BCUT2D eigenvalue weighted by Gasteiger charge is 2.27. The molecule has 6 nitrogen and oxygen atoms in total. The number of aryl methyl sites for hydroxylation is 1. The molecule has 0 bridgehead atoms. The van der Waals surface area contributed by atoms with E-state index in [-0.39, 0.29) is 18.5 Å². The van der Waals surface area contributed by atoms with Crippen molar-refractivity contribution in [2.45, 2.75) is 38.6 Å². The first-order chi connectivity index (χ1) is 13.2. The van der Waals surface area contributed by atoms with E-state index in [1.807, 2.05) is 25.1 Å². The normalized spacial score (nSPS) is 20.9. The third kappa shape index (κ3) is 3.64. The zero-order valence-electron chi connectivity index (χ0n) is 15.1. The fourth-order valence-electron chi connectivity index (χ4n) is 3.70. The maximum Gasteiger partial charge on any atom is 0.234 e. The van der Waals surface area contributed by atoms with Crippen molar-refractivity contribution in [3.05, 3.63) is 40.3 Å². The van der Waals surface area contributed by atoms with E-state index >= 15 is 0 Å². The molecule has 2 aromatic rings. The van der Waals surface area contributed by atoms with Crippen molar-refractivity contribution in [2.75, 3.05) is 11.9 Å². The summed E-state index contributed by atoms with van der Waals surface area (Å²) < 4.78 is 0. The average Bonchev–Trinajstić information content (AvgIpc) is 3.22. The van der Waals surface area contributed by atoms with Gasteiger partial charge in [0.2, 0.25) is 5.82 Å². The molecule has 4 rings (SSSR count). The van der Waals surface area contributed by atoms with E-state index in [0.29, 0.717) is 11.7 Å². The standard InChI is InChI=1S/C20H21N5OS/c1-12-18(20-24-15-5-3-2-4-6-16(15)27-20)19(25-17(10-21)22-12)23-14-8-7-13(9-14)11-26/h2-4,6,13-14,26H,5,7-9,11H2,1H3,(H,22,23,25)/t13?,14-/m0/s1. The molecule has 138 valence electrons. The molecule has 0 aliphatic heterocycles. The van der Waals surface area contributed by atoms with E-state index in [4.69, 9.17) is 4.98 Å². The number of rotatable bonds is 4. The number of aliphatic hydroxyl groups is 1. The molecule has 2 atom stereocenters. The molecular weight excluding hydrogens is 358 g/mol. The molecular formula is C20H21N5OS. The van der Waals surface area contributed by atoms with Crippen LogP contribution in [0.1, 0.15) is 41.4 Å². The van der Waals surface area contributed by atoms with Gasteiger partial charge in [0.1, 0.15) is 16.9 Å². The third-order valence-corrected chi connectivity index (χ3v) is 6.16. The van der Waals surface area contributed by atoms with Crippen LogP contribution in [0.3, 0.4) is 0 Å². The fraction of sp³-hybridized carbons (Fsp3) is 0.400. The second kappa shape index (κ2) is 7.59. The summed E-state index contributed by atoms with van der Waals surface area (Å²) in [6.45, 7) is 2.12. The Morgan fingerprint density at radius 1 is 1.30 bits per heavy atom. The summed E-state index contributed by atoms with van der Waals surface area (Å²) in [6.07, 6.45) is 11.9. The first-order valence-electron chi connectivity index (χ1n) is 9.17. The zero-order chi connectivity index (χ0) is 18.8. The van der Waals surface area contributed by atoms with Gasteiger partial charge in [-0.2, -0.15) is 5.26 Å². The van der Waals surface area contributed by atoms with Crippen LogP contribution in [0, 0.1) is 24.2 Å². The number of fused-ring (bicyclic) bond motifs is 1. The van der Waals surface area contributed by atoms with Crippen LogP contribution in [-0.2, 0) is 6.42 Å². The molecule has 0 aromatic carbocycles. The van der Waals surface area contributed by atoms with Crippen molar-refractivity contribution >= 4 is 23.2 Å². The van der Waals surface area contributed by atoms with Gasteiger partial charge >= 0.3 is 0 Å². The number of hydrogen-bond donors (Lipinski definition) is 2. The van der Waals surface area contributed by atoms with Gasteiger partial charge in [-0.3, -0.25) is 0 Å². The highest BCUT2D eigenvalue weighted by molar-refractivity contribution is 7.16. The van der Waals surface area contributed by atoms with Gasteiger partial charge in [0.15, 0.2) is 0 Å². The van der Waals surface area contributed by atoms with Crippen LogP contribution in [0.5, 0.6) is 0 Å². The highest BCUT2D eigenvalue weighted by atomic mass is 32.1. The predicted octanol–water partition coefficient (Wildman–Crippen LogP) is 3.48. The summed E-state index contributed by atoms with van der Waals surface area (Å²) in [5.74, 6) is 1.17. The SMILES string of the molecule is Cc1nc(C#N)nc(N[C@H]2CCC(CO)C2)c1-c1nc2c(s1)C=CC=CC2. The van der Waals surface area contributed by atoms with Crippen LogP contribution in [-0.4, -0.2) is 32.7 Å². The minimum atomic E-state index is 0.163. The number of nitrogens with one attached hydrogen (secondary N) is 1. The van der Waals surface area contributed by atoms with E-state index in [0.717, 1.165) is 52.5 Å². The Morgan fingerprint density at radius 2 is 2.19 bits per heavy atom. The molecule has 7 heteroatoms. The summed E-state index contributed by atoms with van der Waals surface area (Å²) in [4.78, 5) is 14.8. The van der Waals surface area contributed by atoms with Crippen LogP contribution in [0.25, 0.3) is 16.6 Å². The van der Waals surface area contributed by atoms with Crippen LogP contribution in [0.2, 0.25) is 0 Å². The molecule has 1 unspecified atom stereocenters. The van der Waals surface area contributed by atoms with Crippen molar-refractivity contribution in [3.8, 4) is 16.6 Å².